The van der Waals surface area contributed by atoms with Gasteiger partial charge in [0.1, 0.15) is 0 Å². The molecule has 0 radical (unpaired) electrons. The standard InChI is InChI=1S/C15H27N3O/c1-11(16-9-15(10-19)6-7-15)13-8-18(14(3,4)5)17-12(13)2/h8,11,16,19H,6-7,9-10H2,1-5H3. The molecule has 1 fully saturated rings. The van der Waals surface area contributed by atoms with E-state index in [0.29, 0.717) is 6.61 Å². The third-order valence-corrected chi connectivity index (χ3v) is 4.17. The van der Waals surface area contributed by atoms with Gasteiger partial charge in [-0.3, -0.25) is 4.68 Å². The van der Waals surface area contributed by atoms with Crippen LogP contribution in [0.4, 0.5) is 0 Å². The molecule has 0 saturated heterocycles. The highest BCUT2D eigenvalue weighted by Crippen LogP contribution is 2.44. The molecule has 1 aromatic heterocycles. The molecule has 4 heteroatoms. The quantitative estimate of drug-likeness (QED) is 0.859. The van der Waals surface area contributed by atoms with Crippen LogP contribution in [0.15, 0.2) is 6.20 Å². The zero-order valence-corrected chi connectivity index (χ0v) is 12.8. The van der Waals surface area contributed by atoms with Crippen LogP contribution in [-0.2, 0) is 5.54 Å². The normalized spacial score (nSPS) is 19.5. The third-order valence-electron chi connectivity index (χ3n) is 4.17. The lowest BCUT2D eigenvalue weighted by atomic mass is 10.1. The van der Waals surface area contributed by atoms with Gasteiger partial charge in [-0.1, -0.05) is 0 Å². The number of aliphatic hydroxyl groups is 1. The first-order valence-corrected chi connectivity index (χ1v) is 7.18. The summed E-state index contributed by atoms with van der Waals surface area (Å²) in [6.45, 7) is 11.9. The van der Waals surface area contributed by atoms with Crippen molar-refractivity contribution in [2.75, 3.05) is 13.2 Å². The molecular formula is C15H27N3O. The van der Waals surface area contributed by atoms with Gasteiger partial charge >= 0.3 is 0 Å². The van der Waals surface area contributed by atoms with Crippen LogP contribution in [0.25, 0.3) is 0 Å². The fraction of sp³-hybridized carbons (Fsp3) is 0.800. The van der Waals surface area contributed by atoms with Gasteiger partial charge in [0.2, 0.25) is 0 Å². The van der Waals surface area contributed by atoms with Gasteiger partial charge in [-0.05, 0) is 47.5 Å². The predicted molar refractivity (Wildman–Crippen MR) is 77.1 cm³/mol. The van der Waals surface area contributed by atoms with Crippen molar-refractivity contribution in [3.63, 3.8) is 0 Å². The lowest BCUT2D eigenvalue weighted by molar-refractivity contribution is 0.204. The van der Waals surface area contributed by atoms with E-state index in [9.17, 15) is 5.11 Å². The van der Waals surface area contributed by atoms with Gasteiger partial charge in [-0.25, -0.2) is 0 Å². The van der Waals surface area contributed by atoms with Crippen molar-refractivity contribution in [1.82, 2.24) is 15.1 Å². The molecule has 2 N–H and O–H groups in total. The zero-order chi connectivity index (χ0) is 14.3. The van der Waals surface area contributed by atoms with Crippen LogP contribution < -0.4 is 5.32 Å². The van der Waals surface area contributed by atoms with Crippen molar-refractivity contribution in [1.29, 1.82) is 0 Å². The second-order valence-electron chi connectivity index (χ2n) is 7.05. The zero-order valence-electron chi connectivity index (χ0n) is 12.8. The Bertz CT molecular complexity index is 441. The molecule has 0 spiro atoms. The Morgan fingerprint density at radius 3 is 2.53 bits per heavy atom. The van der Waals surface area contributed by atoms with E-state index in [4.69, 9.17) is 0 Å². The number of aryl methyl sites for hydroxylation is 1. The Balaban J connectivity index is 2.03. The van der Waals surface area contributed by atoms with E-state index in [1.54, 1.807) is 0 Å². The first-order chi connectivity index (χ1) is 8.77. The highest BCUT2D eigenvalue weighted by Gasteiger charge is 2.41. The van der Waals surface area contributed by atoms with E-state index in [1.165, 1.54) is 5.56 Å². The molecule has 0 aliphatic heterocycles. The topological polar surface area (TPSA) is 50.1 Å². The molecule has 108 valence electrons. The number of aromatic nitrogens is 2. The SMILES string of the molecule is Cc1nn(C(C)(C)C)cc1C(C)NCC1(CO)CC1. The second-order valence-corrected chi connectivity index (χ2v) is 7.05. The smallest absolute Gasteiger partial charge is 0.0641 e. The average Bonchev–Trinajstić information content (AvgIpc) is 3.00. The van der Waals surface area contributed by atoms with Gasteiger partial charge in [0.05, 0.1) is 11.2 Å². The average molecular weight is 265 g/mol. The molecule has 1 heterocycles. The molecule has 4 nitrogen and oxygen atoms in total. The Labute approximate surface area is 116 Å². The third kappa shape index (κ3) is 3.18. The lowest BCUT2D eigenvalue weighted by Crippen LogP contribution is -2.29. The Hall–Kier alpha value is -0.870. The summed E-state index contributed by atoms with van der Waals surface area (Å²) in [5, 5.41) is 17.5. The van der Waals surface area contributed by atoms with Crippen LogP contribution in [-0.4, -0.2) is 28.0 Å². The minimum absolute atomic E-state index is 0.0194. The second kappa shape index (κ2) is 4.91. The maximum Gasteiger partial charge on any atom is 0.0641 e. The fourth-order valence-corrected chi connectivity index (χ4v) is 2.29. The Morgan fingerprint density at radius 2 is 2.11 bits per heavy atom. The number of rotatable bonds is 5. The van der Waals surface area contributed by atoms with Crippen LogP contribution in [0, 0.1) is 12.3 Å². The molecular weight excluding hydrogens is 238 g/mol. The molecule has 0 aromatic carbocycles. The van der Waals surface area contributed by atoms with Crippen LogP contribution in [0.3, 0.4) is 0 Å². The highest BCUT2D eigenvalue weighted by molar-refractivity contribution is 5.20. The highest BCUT2D eigenvalue weighted by atomic mass is 16.3. The van der Waals surface area contributed by atoms with Gasteiger partial charge in [0.25, 0.3) is 0 Å². The van der Waals surface area contributed by atoms with Crippen LogP contribution >= 0.6 is 0 Å². The summed E-state index contributed by atoms with van der Waals surface area (Å²) >= 11 is 0. The number of hydrogen-bond donors (Lipinski definition) is 2. The van der Waals surface area contributed by atoms with E-state index < -0.39 is 0 Å². The maximum atomic E-state index is 9.35. The summed E-state index contributed by atoms with van der Waals surface area (Å²) in [5.74, 6) is 0. The Kier molecular flexibility index (Phi) is 3.76. The van der Waals surface area contributed by atoms with E-state index in [-0.39, 0.29) is 17.0 Å². The number of nitrogens with zero attached hydrogens (tertiary/aromatic N) is 2. The van der Waals surface area contributed by atoms with Crippen LogP contribution in [0.1, 0.15) is 57.8 Å². The van der Waals surface area contributed by atoms with Gasteiger partial charge < -0.3 is 10.4 Å². The Morgan fingerprint density at radius 1 is 1.47 bits per heavy atom. The summed E-state index contributed by atoms with van der Waals surface area (Å²) < 4.78 is 2.04. The van der Waals surface area contributed by atoms with Gasteiger partial charge in [0, 0.05) is 36.4 Å². The summed E-state index contributed by atoms with van der Waals surface area (Å²) in [6.07, 6.45) is 4.43. The monoisotopic (exact) mass is 265 g/mol. The molecule has 19 heavy (non-hydrogen) atoms. The molecule has 0 amide bonds. The van der Waals surface area contributed by atoms with Gasteiger partial charge in [0.15, 0.2) is 0 Å². The lowest BCUT2D eigenvalue weighted by Gasteiger charge is -2.20. The molecule has 1 aliphatic carbocycles. The van der Waals surface area contributed by atoms with Crippen LogP contribution in [0.5, 0.6) is 0 Å². The number of aliphatic hydroxyl groups excluding tert-OH is 1. The minimum atomic E-state index is 0.0194. The molecule has 2 rings (SSSR count). The van der Waals surface area contributed by atoms with Crippen molar-refractivity contribution in [3.05, 3.63) is 17.5 Å². The molecule has 1 unspecified atom stereocenters. The summed E-state index contributed by atoms with van der Waals surface area (Å²) in [6, 6.07) is 0.278. The maximum absolute atomic E-state index is 9.35. The van der Waals surface area contributed by atoms with Crippen molar-refractivity contribution in [3.8, 4) is 0 Å². The predicted octanol–water partition coefficient (Wildman–Crippen LogP) is 2.37. The number of nitrogens with one attached hydrogen (secondary N) is 1. The van der Waals surface area contributed by atoms with E-state index in [2.05, 4.69) is 51.2 Å². The summed E-state index contributed by atoms with van der Waals surface area (Å²) in [4.78, 5) is 0. The van der Waals surface area contributed by atoms with Crippen molar-refractivity contribution in [2.24, 2.45) is 5.41 Å². The molecule has 1 atom stereocenters. The van der Waals surface area contributed by atoms with Crippen molar-refractivity contribution < 1.29 is 5.11 Å². The van der Waals surface area contributed by atoms with Crippen molar-refractivity contribution in [2.45, 2.75) is 59.0 Å². The van der Waals surface area contributed by atoms with Crippen LogP contribution in [0.2, 0.25) is 0 Å². The van der Waals surface area contributed by atoms with E-state index in [1.807, 2.05) is 4.68 Å². The molecule has 1 aliphatic rings. The molecule has 1 aromatic rings. The molecule has 0 bridgehead atoms. The summed E-state index contributed by atoms with van der Waals surface area (Å²) in [7, 11) is 0. The van der Waals surface area contributed by atoms with Gasteiger partial charge in [-0.2, -0.15) is 5.10 Å². The largest absolute Gasteiger partial charge is 0.396 e. The van der Waals surface area contributed by atoms with E-state index >= 15 is 0 Å². The summed E-state index contributed by atoms with van der Waals surface area (Å²) in [5.41, 5.74) is 2.51. The van der Waals surface area contributed by atoms with Gasteiger partial charge in [-0.15, -0.1) is 0 Å². The minimum Gasteiger partial charge on any atom is -0.396 e. The first kappa shape index (κ1) is 14.5. The number of hydrogen-bond acceptors (Lipinski definition) is 3. The first-order valence-electron chi connectivity index (χ1n) is 7.18. The molecule has 1 saturated carbocycles. The van der Waals surface area contributed by atoms with E-state index in [0.717, 1.165) is 25.1 Å². The fourth-order valence-electron chi connectivity index (χ4n) is 2.29. The van der Waals surface area contributed by atoms with Crippen molar-refractivity contribution >= 4 is 0 Å².